The monoisotopic (exact) mass is 317 g/mol. The summed E-state index contributed by atoms with van der Waals surface area (Å²) < 4.78 is 5.19. The van der Waals surface area contributed by atoms with E-state index < -0.39 is 0 Å². The van der Waals surface area contributed by atoms with Crippen LogP contribution in [0.25, 0.3) is 0 Å². The third kappa shape index (κ3) is 4.55. The molecular formula is C17H23N3O3. The molecule has 0 bridgehead atoms. The van der Waals surface area contributed by atoms with Gasteiger partial charge in [0.2, 0.25) is 11.8 Å². The fourth-order valence-electron chi connectivity index (χ4n) is 2.05. The number of phenolic OH excluding ortho intramolecular Hbond substituents is 1. The van der Waals surface area contributed by atoms with Gasteiger partial charge in [-0.1, -0.05) is 44.1 Å². The first-order chi connectivity index (χ1) is 10.8. The number of aromatic nitrogens is 2. The number of para-hydroxylation sites is 1. The van der Waals surface area contributed by atoms with E-state index in [-0.39, 0.29) is 23.5 Å². The molecule has 23 heavy (non-hydrogen) atoms. The minimum Gasteiger partial charge on any atom is -0.508 e. The Labute approximate surface area is 136 Å². The quantitative estimate of drug-likeness (QED) is 0.917. The molecule has 6 nitrogen and oxygen atoms in total. The van der Waals surface area contributed by atoms with Crippen LogP contribution < -0.4 is 0 Å². The first kappa shape index (κ1) is 17.0. The fourth-order valence-corrected chi connectivity index (χ4v) is 2.05. The summed E-state index contributed by atoms with van der Waals surface area (Å²) in [6, 6.07) is 7.00. The lowest BCUT2D eigenvalue weighted by Crippen LogP contribution is -2.26. The Balaban J connectivity index is 1.89. The molecule has 1 amide bonds. The van der Waals surface area contributed by atoms with Gasteiger partial charge in [-0.2, -0.15) is 4.98 Å². The lowest BCUT2D eigenvalue weighted by Gasteiger charge is -2.17. The number of carbonyl (C=O) groups excluding carboxylic acids is 1. The Morgan fingerprint density at radius 2 is 2.00 bits per heavy atom. The van der Waals surface area contributed by atoms with Crippen LogP contribution in [0, 0.1) is 0 Å². The molecule has 2 rings (SSSR count). The van der Waals surface area contributed by atoms with Gasteiger partial charge in [0.05, 0.1) is 0 Å². The summed E-state index contributed by atoms with van der Waals surface area (Å²) in [5.74, 6) is 1.27. The predicted molar refractivity (Wildman–Crippen MR) is 85.9 cm³/mol. The fraction of sp³-hybridized carbons (Fsp3) is 0.471. The molecule has 6 heteroatoms. The van der Waals surface area contributed by atoms with E-state index in [2.05, 4.69) is 10.1 Å². The molecular weight excluding hydrogens is 294 g/mol. The number of aromatic hydroxyl groups is 1. The van der Waals surface area contributed by atoms with E-state index in [1.165, 1.54) is 0 Å². The first-order valence-electron chi connectivity index (χ1n) is 7.61. The average molecular weight is 317 g/mol. The zero-order valence-electron chi connectivity index (χ0n) is 14.0. The largest absolute Gasteiger partial charge is 0.508 e. The third-order valence-electron chi connectivity index (χ3n) is 3.52. The normalized spacial score (nSPS) is 11.5. The minimum absolute atomic E-state index is 0.0382. The van der Waals surface area contributed by atoms with E-state index in [4.69, 9.17) is 4.52 Å². The van der Waals surface area contributed by atoms with Crippen molar-refractivity contribution >= 4 is 5.91 Å². The Hall–Kier alpha value is -2.37. The van der Waals surface area contributed by atoms with Crippen LogP contribution >= 0.6 is 0 Å². The number of phenols is 1. The van der Waals surface area contributed by atoms with Crippen LogP contribution in [-0.2, 0) is 23.2 Å². The number of carbonyl (C=O) groups is 1. The molecule has 0 fully saturated rings. The van der Waals surface area contributed by atoms with E-state index in [9.17, 15) is 9.90 Å². The lowest BCUT2D eigenvalue weighted by atomic mass is 9.96. The second-order valence-corrected chi connectivity index (χ2v) is 6.64. The van der Waals surface area contributed by atoms with Crippen molar-refractivity contribution in [2.24, 2.45) is 0 Å². The van der Waals surface area contributed by atoms with Crippen LogP contribution in [0.5, 0.6) is 5.75 Å². The highest BCUT2D eigenvalue weighted by atomic mass is 16.5. The van der Waals surface area contributed by atoms with Crippen molar-refractivity contribution in [3.8, 4) is 5.75 Å². The van der Waals surface area contributed by atoms with Gasteiger partial charge in [-0.05, 0) is 6.07 Å². The summed E-state index contributed by atoms with van der Waals surface area (Å²) in [5.41, 5.74) is 0.545. The van der Waals surface area contributed by atoms with Crippen molar-refractivity contribution in [3.05, 3.63) is 41.5 Å². The van der Waals surface area contributed by atoms with Gasteiger partial charge >= 0.3 is 0 Å². The molecule has 0 aliphatic rings. The van der Waals surface area contributed by atoms with Crippen molar-refractivity contribution in [3.63, 3.8) is 0 Å². The molecule has 0 atom stereocenters. The topological polar surface area (TPSA) is 79.5 Å². The van der Waals surface area contributed by atoms with Crippen molar-refractivity contribution in [1.82, 2.24) is 15.0 Å². The highest BCUT2D eigenvalue weighted by Crippen LogP contribution is 2.19. The van der Waals surface area contributed by atoms with Crippen molar-refractivity contribution in [2.45, 2.75) is 45.6 Å². The Kier molecular flexibility index (Phi) is 5.03. The number of amides is 1. The van der Waals surface area contributed by atoms with E-state index >= 15 is 0 Å². The van der Waals surface area contributed by atoms with Gasteiger partial charge in [-0.15, -0.1) is 0 Å². The molecule has 0 saturated heterocycles. The van der Waals surface area contributed by atoms with E-state index in [0.29, 0.717) is 24.7 Å². The SMILES string of the molecule is CN(Cc1ccccc1O)C(=O)CCc1nc(C(C)(C)C)no1. The van der Waals surface area contributed by atoms with Crippen LogP contribution in [0.4, 0.5) is 0 Å². The average Bonchev–Trinajstić information content (AvgIpc) is 2.96. The van der Waals surface area contributed by atoms with Gasteiger partial charge in [-0.3, -0.25) is 4.79 Å². The summed E-state index contributed by atoms with van der Waals surface area (Å²) in [7, 11) is 1.71. The summed E-state index contributed by atoms with van der Waals surface area (Å²) in [5, 5.41) is 13.7. The van der Waals surface area contributed by atoms with Crippen molar-refractivity contribution in [2.75, 3.05) is 7.05 Å². The third-order valence-corrected chi connectivity index (χ3v) is 3.52. The molecule has 0 unspecified atom stereocenters. The van der Waals surface area contributed by atoms with Gasteiger partial charge < -0.3 is 14.5 Å². The Bertz CT molecular complexity index is 674. The van der Waals surface area contributed by atoms with Crippen LogP contribution in [0.15, 0.2) is 28.8 Å². The second-order valence-electron chi connectivity index (χ2n) is 6.64. The van der Waals surface area contributed by atoms with Gasteiger partial charge in [-0.25, -0.2) is 0 Å². The van der Waals surface area contributed by atoms with E-state index in [0.717, 1.165) is 5.56 Å². The highest BCUT2D eigenvalue weighted by molar-refractivity contribution is 5.76. The number of rotatable bonds is 5. The van der Waals surface area contributed by atoms with Crippen LogP contribution in [0.1, 0.15) is 44.5 Å². The highest BCUT2D eigenvalue weighted by Gasteiger charge is 2.21. The van der Waals surface area contributed by atoms with Crippen molar-refractivity contribution < 1.29 is 14.4 Å². The number of benzene rings is 1. The maximum absolute atomic E-state index is 12.2. The molecule has 124 valence electrons. The van der Waals surface area contributed by atoms with Crippen LogP contribution in [-0.4, -0.2) is 33.1 Å². The molecule has 1 aromatic heterocycles. The van der Waals surface area contributed by atoms with Crippen LogP contribution in [0.3, 0.4) is 0 Å². The molecule has 0 aliphatic heterocycles. The zero-order valence-corrected chi connectivity index (χ0v) is 14.0. The Morgan fingerprint density at radius 1 is 1.30 bits per heavy atom. The molecule has 2 aromatic rings. The van der Waals surface area contributed by atoms with Crippen LogP contribution in [0.2, 0.25) is 0 Å². The number of hydrogen-bond acceptors (Lipinski definition) is 5. The minimum atomic E-state index is -0.173. The maximum atomic E-state index is 12.2. The van der Waals surface area contributed by atoms with E-state index in [1.807, 2.05) is 26.8 Å². The number of hydrogen-bond donors (Lipinski definition) is 1. The smallest absolute Gasteiger partial charge is 0.227 e. The molecule has 0 spiro atoms. The molecule has 0 saturated carbocycles. The summed E-state index contributed by atoms with van der Waals surface area (Å²) in [6.07, 6.45) is 0.697. The molecule has 1 aromatic carbocycles. The lowest BCUT2D eigenvalue weighted by molar-refractivity contribution is -0.130. The van der Waals surface area contributed by atoms with Gasteiger partial charge in [0.15, 0.2) is 5.82 Å². The van der Waals surface area contributed by atoms with E-state index in [1.54, 1.807) is 30.1 Å². The van der Waals surface area contributed by atoms with Gasteiger partial charge in [0.1, 0.15) is 5.75 Å². The van der Waals surface area contributed by atoms with Crippen molar-refractivity contribution in [1.29, 1.82) is 0 Å². The summed E-state index contributed by atoms with van der Waals surface area (Å²) in [4.78, 5) is 18.1. The van der Waals surface area contributed by atoms with Gasteiger partial charge in [0, 0.05) is 37.4 Å². The second kappa shape index (κ2) is 6.81. The number of aryl methyl sites for hydroxylation is 1. The maximum Gasteiger partial charge on any atom is 0.227 e. The number of nitrogens with zero attached hydrogens (tertiary/aromatic N) is 3. The molecule has 1 heterocycles. The summed E-state index contributed by atoms with van der Waals surface area (Å²) >= 11 is 0. The predicted octanol–water partition coefficient (Wildman–Crippen LogP) is 2.66. The Morgan fingerprint density at radius 3 is 2.61 bits per heavy atom. The standard InChI is InChI=1S/C17H23N3O3/c1-17(2,3)16-18-14(23-19-16)9-10-15(22)20(4)11-12-7-5-6-8-13(12)21/h5-8,21H,9-11H2,1-4H3. The zero-order chi connectivity index (χ0) is 17.0. The molecule has 0 aliphatic carbocycles. The molecule has 0 radical (unpaired) electrons. The molecule has 1 N–H and O–H groups in total. The first-order valence-corrected chi connectivity index (χ1v) is 7.61. The van der Waals surface area contributed by atoms with Gasteiger partial charge in [0.25, 0.3) is 0 Å². The summed E-state index contributed by atoms with van der Waals surface area (Å²) in [6.45, 7) is 6.38.